The van der Waals surface area contributed by atoms with Crippen LogP contribution in [0.1, 0.15) is 0 Å². The fraction of sp³-hybridized carbons (Fsp3) is 1.00. The fourth-order valence-electron chi connectivity index (χ4n) is 2.10. The van der Waals surface area contributed by atoms with Gasteiger partial charge in [0.05, 0.1) is 0 Å². The van der Waals surface area contributed by atoms with Crippen molar-refractivity contribution >= 4 is 0 Å². The Morgan fingerprint density at radius 1 is 0.714 bits per heavy atom. The number of methoxy groups -OCH3 is 3. The van der Waals surface area contributed by atoms with Crippen molar-refractivity contribution in [2.45, 2.75) is 18.7 Å². The molecule has 0 aromatic rings. The van der Waals surface area contributed by atoms with E-state index in [1.54, 1.807) is 21.3 Å². The fourth-order valence-corrected chi connectivity index (χ4v) is 2.64. The summed E-state index contributed by atoms with van der Waals surface area (Å²) < 4.78 is 18.8. The molecule has 10 heteroatoms. The van der Waals surface area contributed by atoms with E-state index in [0.29, 0.717) is 0 Å². The van der Waals surface area contributed by atoms with Gasteiger partial charge >= 0.3 is 122 Å². The number of nitrogens with zero attached hydrogens (tertiary/aromatic N) is 3. The summed E-state index contributed by atoms with van der Waals surface area (Å²) in [6.45, 7) is 2.40. The molecule has 1 aliphatic heterocycles. The van der Waals surface area contributed by atoms with Crippen molar-refractivity contribution in [2.24, 2.45) is 0 Å². The Balaban J connectivity index is -0.00000108. The van der Waals surface area contributed by atoms with Gasteiger partial charge in [-0.25, -0.2) is 0 Å². The number of rotatable bonds is 3. The predicted molar refractivity (Wildman–Crippen MR) is 64.4 cm³/mol. The summed E-state index contributed by atoms with van der Waals surface area (Å²) in [5, 5.41) is 0. The van der Waals surface area contributed by atoms with Crippen LogP contribution in [0.3, 0.4) is 0 Å². The molecule has 3 unspecified atom stereocenters. The van der Waals surface area contributed by atoms with Crippen LogP contribution in [0.5, 0.6) is 0 Å². The molecule has 1 fully saturated rings. The summed E-state index contributed by atoms with van der Waals surface area (Å²) >= 11 is 2.05. The molecule has 0 radical (unpaired) electrons. The van der Waals surface area contributed by atoms with Gasteiger partial charge in [0.2, 0.25) is 0 Å². The topological polar surface area (TPSA) is 37.4 Å². The Labute approximate surface area is 158 Å². The Kier molecular flexibility index (Phi) is 17.8. The Hall–Kier alpha value is 1.34. The van der Waals surface area contributed by atoms with E-state index in [1.165, 1.54) is 0 Å². The Bertz CT molecular complexity index is 222. The molecule has 126 valence electrons. The second-order valence-electron chi connectivity index (χ2n) is 4.60. The Morgan fingerprint density at radius 3 is 1.43 bits per heavy atom. The average molecular weight is 401 g/mol. The molecule has 6 nitrogen and oxygen atoms in total. The van der Waals surface area contributed by atoms with Gasteiger partial charge in [0.25, 0.3) is 0 Å². The van der Waals surface area contributed by atoms with E-state index in [1.807, 2.05) is 0 Å². The molecule has 1 rings (SSSR count). The van der Waals surface area contributed by atoms with Crippen LogP contribution in [-0.2, 0) is 34.9 Å². The van der Waals surface area contributed by atoms with Crippen LogP contribution in [0.15, 0.2) is 0 Å². The molecule has 0 aromatic carbocycles. The van der Waals surface area contributed by atoms with Gasteiger partial charge in [0, 0.05) is 0 Å². The van der Waals surface area contributed by atoms with E-state index >= 15 is 0 Å². The molecule has 0 aliphatic carbocycles. The van der Waals surface area contributed by atoms with Crippen LogP contribution in [0.25, 0.3) is 0 Å². The summed E-state index contributed by atoms with van der Waals surface area (Å²) in [5.74, 6) is 0. The first-order chi connectivity index (χ1) is 8.53. The van der Waals surface area contributed by atoms with Crippen molar-refractivity contribution in [2.75, 3.05) is 55.1 Å². The first-order valence-corrected chi connectivity index (χ1v) is 6.70. The molecule has 0 spiro atoms. The van der Waals surface area contributed by atoms with Crippen LogP contribution in [0.2, 0.25) is 0 Å². The standard InChI is InChI=1S/C11H24N3O3.3ClH.Ti/c1-13-7-9(15-3)12-6-10(16-4)14(2)8-11(13)17-5;;;;/h9-11H,6-8H2,1-5H3;3*1H;/q-1;;;;+4/p-3. The van der Waals surface area contributed by atoms with Gasteiger partial charge in [-0.05, 0) is 0 Å². The number of halogens is 3. The third-order valence-corrected chi connectivity index (χ3v) is 4.12. The number of ether oxygens (including phenoxy) is 3. The minimum Gasteiger partial charge on any atom is -1.00 e. The van der Waals surface area contributed by atoms with Gasteiger partial charge in [0.1, 0.15) is 0 Å². The van der Waals surface area contributed by atoms with Gasteiger partial charge < -0.3 is 37.2 Å². The van der Waals surface area contributed by atoms with Gasteiger partial charge in [-0.3, -0.25) is 0 Å². The number of hydrogen-bond acceptors (Lipinski definition) is 6. The van der Waals surface area contributed by atoms with Crippen molar-refractivity contribution < 1.29 is 72.1 Å². The largest absolute Gasteiger partial charge is 1.00 e. The van der Waals surface area contributed by atoms with E-state index in [9.17, 15) is 0 Å². The molecule has 1 aliphatic rings. The molecule has 1 saturated heterocycles. The first-order valence-electron chi connectivity index (χ1n) is 6.00. The molecule has 0 N–H and O–H groups in total. The van der Waals surface area contributed by atoms with Crippen LogP contribution in [0, 0.1) is 0 Å². The average Bonchev–Trinajstić information content (AvgIpc) is 2.41. The normalized spacial score (nSPS) is 29.2. The summed E-state index contributed by atoms with van der Waals surface area (Å²) in [7, 11) is 9.31. The van der Waals surface area contributed by atoms with Crippen molar-refractivity contribution in [3.05, 3.63) is 0 Å². The molecule has 0 saturated carbocycles. The molecule has 0 amide bonds. The van der Waals surface area contributed by atoms with Crippen molar-refractivity contribution in [3.8, 4) is 0 Å². The van der Waals surface area contributed by atoms with Gasteiger partial charge in [-0.1, -0.05) is 0 Å². The summed E-state index contributed by atoms with van der Waals surface area (Å²) in [6.07, 6.45) is 0.116. The van der Waals surface area contributed by atoms with Crippen molar-refractivity contribution in [1.29, 1.82) is 0 Å². The molecular weight excluding hydrogens is 376 g/mol. The van der Waals surface area contributed by atoms with Crippen LogP contribution >= 0.6 is 0 Å². The van der Waals surface area contributed by atoms with E-state index in [0.717, 1.165) is 19.6 Å². The number of likely N-dealkylation sites (N-methyl/N-ethyl adjacent to an activating group) is 2. The molecule has 21 heavy (non-hydrogen) atoms. The van der Waals surface area contributed by atoms with E-state index < -0.39 is 0 Å². The van der Waals surface area contributed by atoms with E-state index in [2.05, 4.69) is 48.0 Å². The molecular formula is C11H24Cl3N3O3Ti. The van der Waals surface area contributed by atoms with Gasteiger partial charge in [0.15, 0.2) is 0 Å². The summed E-state index contributed by atoms with van der Waals surface area (Å²) in [6, 6.07) is 0. The number of hydrogen-bond donors (Lipinski definition) is 0. The molecule has 0 bridgehead atoms. The zero-order valence-electron chi connectivity index (χ0n) is 13.1. The van der Waals surface area contributed by atoms with Crippen LogP contribution in [0.4, 0.5) is 0 Å². The first kappa shape index (κ1) is 27.2. The van der Waals surface area contributed by atoms with Crippen molar-refractivity contribution in [3.63, 3.8) is 0 Å². The molecule has 1 heterocycles. The quantitative estimate of drug-likeness (QED) is 0.438. The minimum atomic E-state index is 0. The van der Waals surface area contributed by atoms with Crippen LogP contribution in [-0.4, -0.2) is 86.9 Å². The second-order valence-corrected chi connectivity index (χ2v) is 5.50. The maximum Gasteiger partial charge on any atom is -1.00 e. The smallest absolute Gasteiger partial charge is 1.00 e. The minimum absolute atomic E-state index is 0. The summed E-state index contributed by atoms with van der Waals surface area (Å²) in [5.41, 5.74) is 0. The zero-order chi connectivity index (χ0) is 13.7. The van der Waals surface area contributed by atoms with Gasteiger partial charge in [-0.2, -0.15) is 0 Å². The van der Waals surface area contributed by atoms with E-state index in [-0.39, 0.29) is 55.9 Å². The monoisotopic (exact) mass is 399 g/mol. The maximum atomic E-state index is 5.54. The van der Waals surface area contributed by atoms with Crippen LogP contribution < -0.4 is 37.2 Å². The van der Waals surface area contributed by atoms with Gasteiger partial charge in [-0.15, -0.1) is 0 Å². The third kappa shape index (κ3) is 8.13. The predicted octanol–water partition coefficient (Wildman–Crippen LogP) is -9.44. The molecule has 3 atom stereocenters. The zero-order valence-corrected chi connectivity index (χ0v) is 16.9. The van der Waals surface area contributed by atoms with Crippen molar-refractivity contribution in [1.82, 2.24) is 13.2 Å². The summed E-state index contributed by atoms with van der Waals surface area (Å²) in [4.78, 5) is 4.33. The molecule has 0 aromatic heterocycles. The third-order valence-electron chi connectivity index (χ3n) is 3.39. The SMILES string of the molecule is COC1C[N]([Ti+3])C(OC)CN(C)C(OC)CN1C.[Cl-].[Cl-].[Cl-]. The van der Waals surface area contributed by atoms with E-state index in [4.69, 9.17) is 14.2 Å². The second kappa shape index (κ2) is 13.8. The Morgan fingerprint density at radius 2 is 1.05 bits per heavy atom. The maximum absolute atomic E-state index is 5.54.